The van der Waals surface area contributed by atoms with Crippen molar-refractivity contribution in [2.24, 2.45) is 0 Å². The van der Waals surface area contributed by atoms with E-state index in [4.69, 9.17) is 4.74 Å². The van der Waals surface area contributed by atoms with Gasteiger partial charge in [0, 0.05) is 26.2 Å². The van der Waals surface area contributed by atoms with E-state index in [1.807, 2.05) is 30.3 Å². The molecule has 1 unspecified atom stereocenters. The first-order valence-corrected chi connectivity index (χ1v) is 6.86. The van der Waals surface area contributed by atoms with Gasteiger partial charge >= 0.3 is 6.09 Å². The van der Waals surface area contributed by atoms with E-state index in [-0.39, 0.29) is 12.1 Å². The van der Waals surface area contributed by atoms with Crippen LogP contribution in [0.1, 0.15) is 18.5 Å². The molecule has 1 saturated heterocycles. The van der Waals surface area contributed by atoms with E-state index in [9.17, 15) is 10.1 Å². The van der Waals surface area contributed by atoms with Crippen molar-refractivity contribution in [1.82, 2.24) is 9.80 Å². The number of rotatable bonds is 3. The molecule has 1 fully saturated rings. The molecule has 1 aliphatic heterocycles. The molecule has 1 amide bonds. The number of amides is 1. The van der Waals surface area contributed by atoms with Crippen molar-refractivity contribution >= 4 is 6.09 Å². The van der Waals surface area contributed by atoms with Gasteiger partial charge < -0.3 is 9.64 Å². The van der Waals surface area contributed by atoms with E-state index in [2.05, 4.69) is 11.0 Å². The van der Waals surface area contributed by atoms with Gasteiger partial charge in [-0.1, -0.05) is 30.3 Å². The van der Waals surface area contributed by atoms with Gasteiger partial charge in [-0.25, -0.2) is 4.79 Å². The standard InChI is InChI=1S/C15H19N3O2/c1-2-20-15(19)18-10-8-17(9-11-18)14(12-16)13-6-4-3-5-7-13/h3-7,14H,2,8-11H2,1H3. The van der Waals surface area contributed by atoms with Crippen molar-refractivity contribution in [3.8, 4) is 6.07 Å². The molecule has 1 aromatic carbocycles. The van der Waals surface area contributed by atoms with Crippen molar-refractivity contribution in [1.29, 1.82) is 5.26 Å². The fourth-order valence-corrected chi connectivity index (χ4v) is 2.38. The lowest BCUT2D eigenvalue weighted by atomic mass is 10.1. The van der Waals surface area contributed by atoms with Crippen LogP contribution >= 0.6 is 0 Å². The molecule has 5 nitrogen and oxygen atoms in total. The van der Waals surface area contributed by atoms with Crippen molar-refractivity contribution in [3.05, 3.63) is 35.9 Å². The van der Waals surface area contributed by atoms with E-state index >= 15 is 0 Å². The van der Waals surface area contributed by atoms with Gasteiger partial charge in [-0.2, -0.15) is 5.26 Å². The molecule has 1 aliphatic rings. The summed E-state index contributed by atoms with van der Waals surface area (Å²) in [4.78, 5) is 15.4. The minimum atomic E-state index is -0.264. The fourth-order valence-electron chi connectivity index (χ4n) is 2.38. The SMILES string of the molecule is CCOC(=O)N1CCN(C(C#N)c2ccccc2)CC1. The molecule has 0 aromatic heterocycles. The maximum absolute atomic E-state index is 11.6. The summed E-state index contributed by atoms with van der Waals surface area (Å²) in [5.41, 5.74) is 1.000. The van der Waals surface area contributed by atoms with Crippen LogP contribution in [0.15, 0.2) is 30.3 Å². The molecule has 2 rings (SSSR count). The number of ether oxygens (including phenoxy) is 1. The van der Waals surface area contributed by atoms with E-state index in [1.165, 1.54) is 0 Å². The number of carbonyl (C=O) groups is 1. The highest BCUT2D eigenvalue weighted by Crippen LogP contribution is 2.21. The molecule has 20 heavy (non-hydrogen) atoms. The van der Waals surface area contributed by atoms with Crippen LogP contribution < -0.4 is 0 Å². The maximum Gasteiger partial charge on any atom is 0.409 e. The van der Waals surface area contributed by atoms with Gasteiger partial charge in [-0.3, -0.25) is 4.90 Å². The largest absolute Gasteiger partial charge is 0.450 e. The highest BCUT2D eigenvalue weighted by molar-refractivity contribution is 5.67. The molecular weight excluding hydrogens is 254 g/mol. The van der Waals surface area contributed by atoms with E-state index in [1.54, 1.807) is 11.8 Å². The first-order chi connectivity index (χ1) is 9.76. The zero-order chi connectivity index (χ0) is 14.4. The monoisotopic (exact) mass is 273 g/mol. The van der Waals surface area contributed by atoms with Crippen LogP contribution in [0.5, 0.6) is 0 Å². The second-order valence-electron chi connectivity index (χ2n) is 4.66. The van der Waals surface area contributed by atoms with Crippen LogP contribution in [0.4, 0.5) is 4.79 Å². The van der Waals surface area contributed by atoms with E-state index < -0.39 is 0 Å². The summed E-state index contributed by atoms with van der Waals surface area (Å²) in [6, 6.07) is 11.8. The molecular formula is C15H19N3O2. The van der Waals surface area contributed by atoms with Crippen LogP contribution in [0.25, 0.3) is 0 Å². The average molecular weight is 273 g/mol. The maximum atomic E-state index is 11.6. The van der Waals surface area contributed by atoms with E-state index in [0.29, 0.717) is 32.8 Å². The lowest BCUT2D eigenvalue weighted by molar-refractivity contribution is 0.0733. The zero-order valence-corrected chi connectivity index (χ0v) is 11.7. The second-order valence-corrected chi connectivity index (χ2v) is 4.66. The van der Waals surface area contributed by atoms with Gasteiger partial charge in [0.25, 0.3) is 0 Å². The molecule has 0 saturated carbocycles. The molecule has 0 spiro atoms. The summed E-state index contributed by atoms with van der Waals surface area (Å²) in [6.45, 7) is 4.77. The second kappa shape index (κ2) is 6.92. The van der Waals surface area contributed by atoms with Gasteiger partial charge in [0.05, 0.1) is 12.7 Å². The Kier molecular flexibility index (Phi) is 4.97. The topological polar surface area (TPSA) is 56.6 Å². The first-order valence-electron chi connectivity index (χ1n) is 6.86. The van der Waals surface area contributed by atoms with Crippen molar-refractivity contribution in [3.63, 3.8) is 0 Å². The highest BCUT2D eigenvalue weighted by Gasteiger charge is 2.27. The predicted molar refractivity (Wildman–Crippen MR) is 75.0 cm³/mol. The van der Waals surface area contributed by atoms with Crippen LogP contribution in [0.2, 0.25) is 0 Å². The molecule has 0 radical (unpaired) electrons. The predicted octanol–water partition coefficient (Wildman–Crippen LogP) is 2.03. The minimum Gasteiger partial charge on any atom is -0.450 e. The molecule has 1 heterocycles. The fraction of sp³-hybridized carbons (Fsp3) is 0.467. The van der Waals surface area contributed by atoms with Crippen LogP contribution in [-0.4, -0.2) is 48.7 Å². The molecule has 1 aromatic rings. The Morgan fingerprint density at radius 1 is 1.30 bits per heavy atom. The third kappa shape index (κ3) is 3.28. The van der Waals surface area contributed by atoms with Crippen LogP contribution in [-0.2, 0) is 4.74 Å². The van der Waals surface area contributed by atoms with Crippen molar-refractivity contribution in [2.45, 2.75) is 13.0 Å². The Hall–Kier alpha value is -2.06. The summed E-state index contributed by atoms with van der Waals surface area (Å²) in [5.74, 6) is 0. The molecule has 0 aliphatic carbocycles. The number of hydrogen-bond acceptors (Lipinski definition) is 4. The number of piperazine rings is 1. The Morgan fingerprint density at radius 3 is 2.50 bits per heavy atom. The quantitative estimate of drug-likeness (QED) is 0.845. The number of nitrogens with zero attached hydrogens (tertiary/aromatic N) is 3. The smallest absolute Gasteiger partial charge is 0.409 e. The van der Waals surface area contributed by atoms with Crippen molar-refractivity contribution < 1.29 is 9.53 Å². The third-order valence-corrected chi connectivity index (χ3v) is 3.44. The molecule has 0 bridgehead atoms. The van der Waals surface area contributed by atoms with Crippen LogP contribution in [0.3, 0.4) is 0 Å². The number of benzene rings is 1. The first kappa shape index (κ1) is 14.4. The van der Waals surface area contributed by atoms with Gasteiger partial charge in [0.15, 0.2) is 0 Å². The van der Waals surface area contributed by atoms with Gasteiger partial charge in [-0.05, 0) is 12.5 Å². The Bertz CT molecular complexity index is 476. The van der Waals surface area contributed by atoms with Gasteiger partial charge in [-0.15, -0.1) is 0 Å². The highest BCUT2D eigenvalue weighted by atomic mass is 16.6. The molecule has 0 N–H and O–H groups in total. The summed E-state index contributed by atoms with van der Waals surface area (Å²) >= 11 is 0. The summed E-state index contributed by atoms with van der Waals surface area (Å²) < 4.78 is 4.99. The van der Waals surface area contributed by atoms with E-state index in [0.717, 1.165) is 5.56 Å². The molecule has 5 heteroatoms. The number of nitriles is 1. The summed E-state index contributed by atoms with van der Waals surface area (Å²) in [6.07, 6.45) is -0.264. The van der Waals surface area contributed by atoms with Crippen molar-refractivity contribution in [2.75, 3.05) is 32.8 Å². The Morgan fingerprint density at radius 2 is 1.95 bits per heavy atom. The zero-order valence-electron chi connectivity index (χ0n) is 11.7. The molecule has 1 atom stereocenters. The lowest BCUT2D eigenvalue weighted by Crippen LogP contribution is -2.49. The minimum absolute atomic E-state index is 0.249. The van der Waals surface area contributed by atoms with Crippen LogP contribution in [0, 0.1) is 11.3 Å². The normalized spacial score (nSPS) is 17.3. The third-order valence-electron chi connectivity index (χ3n) is 3.44. The number of hydrogen-bond donors (Lipinski definition) is 0. The Balaban J connectivity index is 1.96. The summed E-state index contributed by atoms with van der Waals surface area (Å²) in [7, 11) is 0. The summed E-state index contributed by atoms with van der Waals surface area (Å²) in [5, 5.41) is 9.39. The Labute approximate surface area is 119 Å². The lowest BCUT2D eigenvalue weighted by Gasteiger charge is -2.36. The molecule has 106 valence electrons. The average Bonchev–Trinajstić information content (AvgIpc) is 2.50. The van der Waals surface area contributed by atoms with Gasteiger partial charge in [0.1, 0.15) is 6.04 Å². The number of carbonyl (C=O) groups excluding carboxylic acids is 1. The van der Waals surface area contributed by atoms with Gasteiger partial charge in [0.2, 0.25) is 0 Å².